The second-order valence-corrected chi connectivity index (χ2v) is 7.51. The van der Waals surface area contributed by atoms with Crippen molar-refractivity contribution in [1.82, 2.24) is 0 Å². The van der Waals surface area contributed by atoms with Crippen LogP contribution in [0, 0.1) is 0 Å². The van der Waals surface area contributed by atoms with Crippen LogP contribution in [0.25, 0.3) is 0 Å². The van der Waals surface area contributed by atoms with Gasteiger partial charge < -0.3 is 5.11 Å². The minimum absolute atomic E-state index is 0.0516. The Labute approximate surface area is 117 Å². The van der Waals surface area contributed by atoms with Gasteiger partial charge in [0.05, 0.1) is 0 Å². The number of hydrogen-bond donors (Lipinski definition) is 1. The van der Waals surface area contributed by atoms with Gasteiger partial charge in [0.25, 0.3) is 21.2 Å². The lowest BCUT2D eigenvalue weighted by atomic mass is 10.1. The summed E-state index contributed by atoms with van der Waals surface area (Å²) in [6.45, 7) is 2.26. The Morgan fingerprint density at radius 2 is 1.35 bits per heavy atom. The first-order valence-electron chi connectivity index (χ1n) is 7.02. The first-order chi connectivity index (χ1) is 8.27. The molecule has 0 saturated heterocycles. The number of carbonyl (C=O) groups is 1. The van der Waals surface area contributed by atoms with Gasteiger partial charge in [0.2, 0.25) is 4.43 Å². The molecule has 0 heterocycles. The van der Waals surface area contributed by atoms with E-state index in [4.69, 9.17) is 5.11 Å². The van der Waals surface area contributed by atoms with Crippen LogP contribution in [0.2, 0.25) is 0 Å². The predicted octanol–water partition coefficient (Wildman–Crippen LogP) is 1.08. The van der Waals surface area contributed by atoms with Crippen LogP contribution in [-0.2, 0) is 4.79 Å². The smallest absolute Gasteiger partial charge is 0.352 e. The van der Waals surface area contributed by atoms with Crippen molar-refractivity contribution in [2.24, 2.45) is 0 Å². The number of aliphatic carboxylic acids is 1. The van der Waals surface area contributed by atoms with E-state index >= 15 is 0 Å². The summed E-state index contributed by atoms with van der Waals surface area (Å²) in [7, 11) is 0. The van der Waals surface area contributed by atoms with Crippen molar-refractivity contribution in [3.05, 3.63) is 0 Å². The van der Waals surface area contributed by atoms with Gasteiger partial charge in [0.1, 0.15) is 4.43 Å². The summed E-state index contributed by atoms with van der Waals surface area (Å²) in [5.74, 6) is -0.607. The zero-order valence-electron chi connectivity index (χ0n) is 11.2. The molecule has 0 unspecified atom stereocenters. The molecule has 17 heavy (non-hydrogen) atoms. The highest BCUT2D eigenvalue weighted by Crippen LogP contribution is 2.09. The quantitative estimate of drug-likeness (QED) is 0.305. The van der Waals surface area contributed by atoms with Gasteiger partial charge in [-0.1, -0.05) is 58.3 Å². The monoisotopic (exact) mass is 355 g/mol. The van der Waals surface area contributed by atoms with Gasteiger partial charge in [-0.3, -0.25) is 0 Å². The SMILES string of the molecule is CCCCCCCCCCCC[I+]CC(=O)O. The van der Waals surface area contributed by atoms with E-state index in [0.29, 0.717) is 4.43 Å². The molecule has 0 aliphatic carbocycles. The van der Waals surface area contributed by atoms with E-state index in [2.05, 4.69) is 6.92 Å². The second kappa shape index (κ2) is 14.3. The summed E-state index contributed by atoms with van der Waals surface area (Å²) in [6.07, 6.45) is 13.7. The van der Waals surface area contributed by atoms with E-state index in [1.54, 1.807) is 0 Å². The van der Waals surface area contributed by atoms with Crippen LogP contribution >= 0.6 is 0 Å². The molecule has 0 saturated carbocycles. The van der Waals surface area contributed by atoms with Crippen LogP contribution < -0.4 is 21.2 Å². The third-order valence-electron chi connectivity index (χ3n) is 2.83. The maximum Gasteiger partial charge on any atom is 0.352 e. The number of carboxylic acid groups (broad SMARTS) is 1. The van der Waals surface area contributed by atoms with E-state index < -0.39 is 5.97 Å². The Kier molecular flexibility index (Phi) is 14.4. The number of unbranched alkanes of at least 4 members (excludes halogenated alkanes) is 9. The van der Waals surface area contributed by atoms with Crippen LogP contribution in [-0.4, -0.2) is 19.9 Å². The maximum absolute atomic E-state index is 10.3. The molecular weight excluding hydrogens is 327 g/mol. The second-order valence-electron chi connectivity index (χ2n) is 4.59. The minimum Gasteiger partial charge on any atom is -0.478 e. The van der Waals surface area contributed by atoms with Gasteiger partial charge in [-0.25, -0.2) is 4.79 Å². The third-order valence-corrected chi connectivity index (χ3v) is 5.55. The molecule has 0 aromatic heterocycles. The fourth-order valence-electron chi connectivity index (χ4n) is 1.82. The molecule has 0 fully saturated rings. The lowest BCUT2D eigenvalue weighted by Crippen LogP contribution is -3.64. The molecule has 0 bridgehead atoms. The zero-order chi connectivity index (χ0) is 12.8. The van der Waals surface area contributed by atoms with E-state index in [1.165, 1.54) is 68.6 Å². The molecule has 0 radical (unpaired) electrons. The Bertz CT molecular complexity index is 172. The molecule has 0 amide bonds. The largest absolute Gasteiger partial charge is 0.478 e. The molecule has 102 valence electrons. The number of alkyl halides is 2. The van der Waals surface area contributed by atoms with E-state index in [0.717, 1.165) is 0 Å². The number of halogens is 1. The first-order valence-corrected chi connectivity index (χ1v) is 10.1. The van der Waals surface area contributed by atoms with Crippen molar-refractivity contribution in [1.29, 1.82) is 0 Å². The molecule has 3 heteroatoms. The number of hydrogen-bond acceptors (Lipinski definition) is 1. The highest BCUT2D eigenvalue weighted by atomic mass is 127. The lowest BCUT2D eigenvalue weighted by molar-refractivity contribution is -0.645. The molecular formula is C14H28IO2+. The predicted molar refractivity (Wildman–Crippen MR) is 69.2 cm³/mol. The molecule has 0 atom stereocenters. The van der Waals surface area contributed by atoms with Gasteiger partial charge in [0, 0.05) is 0 Å². The van der Waals surface area contributed by atoms with Crippen LogP contribution in [0.4, 0.5) is 0 Å². The molecule has 0 rings (SSSR count). The molecule has 0 spiro atoms. The van der Waals surface area contributed by atoms with Crippen LogP contribution in [0.3, 0.4) is 0 Å². The topological polar surface area (TPSA) is 37.3 Å². The van der Waals surface area contributed by atoms with Crippen molar-refractivity contribution in [3.8, 4) is 0 Å². The number of carboxylic acids is 1. The summed E-state index contributed by atoms with van der Waals surface area (Å²) in [6, 6.07) is 0. The first kappa shape index (κ1) is 17.2. The van der Waals surface area contributed by atoms with Crippen molar-refractivity contribution in [2.45, 2.75) is 71.1 Å². The Hall–Kier alpha value is 0.200. The average molecular weight is 355 g/mol. The summed E-state index contributed by atoms with van der Waals surface area (Å²) < 4.78 is 1.65. The van der Waals surface area contributed by atoms with Gasteiger partial charge in [-0.05, 0) is 12.8 Å². The average Bonchev–Trinajstić information content (AvgIpc) is 2.30. The highest BCUT2D eigenvalue weighted by molar-refractivity contribution is 5.67. The van der Waals surface area contributed by atoms with Gasteiger partial charge in [0.15, 0.2) is 0 Å². The fourth-order valence-corrected chi connectivity index (χ4v) is 3.75. The molecule has 0 aromatic carbocycles. The summed E-state index contributed by atoms with van der Waals surface area (Å²) in [5, 5.41) is 8.50. The van der Waals surface area contributed by atoms with Gasteiger partial charge in [-0.2, -0.15) is 0 Å². The number of rotatable bonds is 13. The van der Waals surface area contributed by atoms with Crippen LogP contribution in [0.1, 0.15) is 71.1 Å². The Balaban J connectivity index is 2.91. The summed E-state index contributed by atoms with van der Waals surface area (Å²) >= 11 is -0.0516. The molecule has 0 aliphatic rings. The lowest BCUT2D eigenvalue weighted by Gasteiger charge is -2.00. The van der Waals surface area contributed by atoms with Crippen molar-refractivity contribution >= 4 is 5.97 Å². The standard InChI is InChI=1S/C14H27IO2/c1-2-3-4-5-6-7-8-9-10-11-12-15-13-14(16)17/h2-13H2,1H3/p+1. The van der Waals surface area contributed by atoms with Crippen LogP contribution in [0.5, 0.6) is 0 Å². The van der Waals surface area contributed by atoms with E-state index in [-0.39, 0.29) is 21.2 Å². The maximum atomic E-state index is 10.3. The summed E-state index contributed by atoms with van der Waals surface area (Å²) in [5.41, 5.74) is 0. The Morgan fingerprint density at radius 3 is 1.82 bits per heavy atom. The third kappa shape index (κ3) is 16.2. The Morgan fingerprint density at radius 1 is 0.882 bits per heavy atom. The minimum atomic E-state index is -0.607. The fraction of sp³-hybridized carbons (Fsp3) is 0.929. The van der Waals surface area contributed by atoms with E-state index in [9.17, 15) is 4.79 Å². The normalized spacial score (nSPS) is 10.6. The van der Waals surface area contributed by atoms with Gasteiger partial charge >= 0.3 is 5.97 Å². The van der Waals surface area contributed by atoms with Crippen molar-refractivity contribution in [2.75, 3.05) is 8.86 Å². The molecule has 2 nitrogen and oxygen atoms in total. The van der Waals surface area contributed by atoms with Crippen molar-refractivity contribution in [3.63, 3.8) is 0 Å². The molecule has 0 aliphatic heterocycles. The van der Waals surface area contributed by atoms with Crippen LogP contribution in [0.15, 0.2) is 0 Å². The zero-order valence-corrected chi connectivity index (χ0v) is 13.4. The molecule has 1 N–H and O–H groups in total. The summed E-state index contributed by atoms with van der Waals surface area (Å²) in [4.78, 5) is 10.3. The molecule has 0 aromatic rings. The van der Waals surface area contributed by atoms with Gasteiger partial charge in [-0.15, -0.1) is 0 Å². The van der Waals surface area contributed by atoms with E-state index in [1.807, 2.05) is 0 Å². The highest BCUT2D eigenvalue weighted by Gasteiger charge is 2.10. The van der Waals surface area contributed by atoms with Crippen molar-refractivity contribution < 1.29 is 31.1 Å².